The van der Waals surface area contributed by atoms with Crippen LogP contribution < -0.4 is 5.11 Å². The summed E-state index contributed by atoms with van der Waals surface area (Å²) in [7, 11) is 0. The van der Waals surface area contributed by atoms with Crippen LogP contribution in [-0.4, -0.2) is 5.97 Å². The molecular weight excluding hydrogens is 143 g/mol. The Labute approximate surface area is 52.7 Å². The van der Waals surface area contributed by atoms with Crippen molar-refractivity contribution in [2.45, 2.75) is 6.92 Å². The molecular formula is C2H7CoN2O2. The first-order valence-corrected chi connectivity index (χ1v) is 0.908. The maximum Gasteiger partial charge on any atom is 3.00 e. The molecule has 4 nitrogen and oxygen atoms in total. The van der Waals surface area contributed by atoms with Gasteiger partial charge in [-0.25, -0.2) is 0 Å². The van der Waals surface area contributed by atoms with Crippen molar-refractivity contribution in [3.63, 3.8) is 0 Å². The molecule has 0 aliphatic rings. The second kappa shape index (κ2) is 16.9. The molecule has 0 bridgehead atoms. The van der Waals surface area contributed by atoms with Gasteiger partial charge in [0.15, 0.2) is 0 Å². The molecule has 0 heterocycles. The quantitative estimate of drug-likeness (QED) is 0.491. The van der Waals surface area contributed by atoms with Crippen LogP contribution in [0.2, 0.25) is 0 Å². The van der Waals surface area contributed by atoms with E-state index < -0.39 is 5.97 Å². The van der Waals surface area contributed by atoms with Crippen LogP contribution in [0.25, 0.3) is 12.3 Å². The number of hydrogen-bond donors (Lipinski definition) is 0. The molecule has 46 valence electrons. The van der Waals surface area contributed by atoms with Gasteiger partial charge in [-0.3, -0.25) is 0 Å². The maximum atomic E-state index is 8.89. The number of carbonyl (C=O) groups excluding carboxylic acids is 1. The molecule has 7 heavy (non-hydrogen) atoms. The summed E-state index contributed by atoms with van der Waals surface area (Å²) in [6, 6.07) is 0. The van der Waals surface area contributed by atoms with E-state index in [0.717, 1.165) is 6.92 Å². The van der Waals surface area contributed by atoms with E-state index in [1.807, 2.05) is 0 Å². The molecule has 0 rings (SSSR count). The van der Waals surface area contributed by atoms with Gasteiger partial charge in [-0.05, 0) is 6.92 Å². The van der Waals surface area contributed by atoms with Gasteiger partial charge in [0.1, 0.15) is 0 Å². The monoisotopic (exact) mass is 150 g/mol. The predicted octanol–water partition coefficient (Wildman–Crippen LogP) is 0.188. The minimum atomic E-state index is -1.08. The van der Waals surface area contributed by atoms with Crippen LogP contribution in [0.5, 0.6) is 0 Å². The van der Waals surface area contributed by atoms with Gasteiger partial charge in [-0.15, -0.1) is 0 Å². The van der Waals surface area contributed by atoms with Crippen LogP contribution in [0.4, 0.5) is 0 Å². The van der Waals surface area contributed by atoms with Gasteiger partial charge in [0.05, 0.1) is 0 Å². The Morgan fingerprint density at radius 1 is 1.43 bits per heavy atom. The van der Waals surface area contributed by atoms with Crippen molar-refractivity contribution in [1.82, 2.24) is 0 Å². The summed E-state index contributed by atoms with van der Waals surface area (Å²) in [4.78, 5) is 8.89. The van der Waals surface area contributed by atoms with Gasteiger partial charge in [-0.1, -0.05) is 0 Å². The zero-order valence-electron chi connectivity index (χ0n) is 3.80. The van der Waals surface area contributed by atoms with E-state index in [-0.39, 0.29) is 29.1 Å². The van der Waals surface area contributed by atoms with Crippen LogP contribution in [0.3, 0.4) is 0 Å². The summed E-state index contributed by atoms with van der Waals surface area (Å²) in [5.41, 5.74) is 0. The van der Waals surface area contributed by atoms with Gasteiger partial charge in [-0.2, -0.15) is 0 Å². The molecule has 0 atom stereocenters. The normalized spacial score (nSPS) is 3.57. The predicted molar refractivity (Wildman–Crippen MR) is 21.2 cm³/mol. The van der Waals surface area contributed by atoms with E-state index in [4.69, 9.17) is 9.90 Å². The summed E-state index contributed by atoms with van der Waals surface area (Å²) in [6.45, 7) is 0.972. The van der Waals surface area contributed by atoms with Crippen LogP contribution in [0.1, 0.15) is 6.92 Å². The topological polar surface area (TPSA) is 107 Å². The van der Waals surface area contributed by atoms with Gasteiger partial charge in [0.2, 0.25) is 0 Å². The number of hydrogen-bond acceptors (Lipinski definition) is 2. The molecule has 0 aromatic heterocycles. The van der Waals surface area contributed by atoms with E-state index >= 15 is 0 Å². The third-order valence-corrected chi connectivity index (χ3v) is 0. The average molecular weight is 150 g/mol. The van der Waals surface area contributed by atoms with Crippen molar-refractivity contribution >= 4 is 5.97 Å². The first-order chi connectivity index (χ1) is 1.73. The third-order valence-electron chi connectivity index (χ3n) is 0. The summed E-state index contributed by atoms with van der Waals surface area (Å²) >= 11 is 0. The van der Waals surface area contributed by atoms with E-state index in [1.54, 1.807) is 0 Å². The third kappa shape index (κ3) is 8360. The molecule has 0 fully saturated rings. The molecule has 5 heteroatoms. The Morgan fingerprint density at radius 3 is 1.43 bits per heavy atom. The van der Waals surface area contributed by atoms with E-state index in [2.05, 4.69) is 0 Å². The number of rotatable bonds is 0. The molecule has 0 unspecified atom stereocenters. The minimum absolute atomic E-state index is 0. The van der Waals surface area contributed by atoms with Gasteiger partial charge in [0.25, 0.3) is 0 Å². The Bertz CT molecular complexity index is 36.7. The number of nitrogens with two attached hydrogens (primary N) is 2. The van der Waals surface area contributed by atoms with Crippen LogP contribution in [0, 0.1) is 0 Å². The van der Waals surface area contributed by atoms with E-state index in [1.165, 1.54) is 0 Å². The van der Waals surface area contributed by atoms with Crippen molar-refractivity contribution < 1.29 is 26.7 Å². The fourth-order valence-corrected chi connectivity index (χ4v) is 0. The molecule has 0 amide bonds. The van der Waals surface area contributed by atoms with Crippen LogP contribution >= 0.6 is 0 Å². The Hall–Kier alpha value is -0.104. The number of carbonyl (C=O) groups is 1. The molecule has 0 spiro atoms. The molecule has 0 aliphatic heterocycles. The SMILES string of the molecule is CC(=O)[O-].[Co+3].[NH2-].[NH2-]. The largest absolute Gasteiger partial charge is 3.00 e. The number of carboxylic acid groups (broad SMARTS) is 1. The Balaban J connectivity index is -0.0000000150. The molecule has 0 saturated carbocycles. The Morgan fingerprint density at radius 2 is 1.43 bits per heavy atom. The van der Waals surface area contributed by atoms with Gasteiger partial charge < -0.3 is 22.2 Å². The smallest absolute Gasteiger partial charge is 0.693 e. The van der Waals surface area contributed by atoms with Crippen molar-refractivity contribution in [3.8, 4) is 0 Å². The van der Waals surface area contributed by atoms with E-state index in [9.17, 15) is 0 Å². The summed E-state index contributed by atoms with van der Waals surface area (Å²) in [5.74, 6) is -1.08. The molecule has 0 aliphatic carbocycles. The number of aliphatic carboxylic acids is 1. The van der Waals surface area contributed by atoms with Crippen molar-refractivity contribution in [2.24, 2.45) is 0 Å². The maximum absolute atomic E-state index is 8.89. The zero-order chi connectivity index (χ0) is 3.58. The molecule has 0 radical (unpaired) electrons. The van der Waals surface area contributed by atoms with Gasteiger partial charge >= 0.3 is 16.8 Å². The number of carboxylic acids is 1. The first kappa shape index (κ1) is 28.6. The average Bonchev–Trinajstić information content (AvgIpc) is 0.811. The second-order valence-corrected chi connectivity index (χ2v) is 0.492. The summed E-state index contributed by atoms with van der Waals surface area (Å²) in [5, 5.41) is 8.89. The summed E-state index contributed by atoms with van der Waals surface area (Å²) in [6.07, 6.45) is 0. The fraction of sp³-hybridized carbons (Fsp3) is 0.500. The summed E-state index contributed by atoms with van der Waals surface area (Å²) < 4.78 is 0. The van der Waals surface area contributed by atoms with Crippen molar-refractivity contribution in [3.05, 3.63) is 12.3 Å². The van der Waals surface area contributed by atoms with Gasteiger partial charge in [0, 0.05) is 5.97 Å². The first-order valence-electron chi connectivity index (χ1n) is 0.908. The Kier molecular flexibility index (Phi) is 68.8. The molecule has 0 aromatic carbocycles. The molecule has 4 N–H and O–H groups in total. The van der Waals surface area contributed by atoms with E-state index in [0.29, 0.717) is 0 Å². The minimum Gasteiger partial charge on any atom is -0.693 e. The standard InChI is InChI=1S/C2H4O2.Co.2H2N/c1-2(3)4;;;/h1H3,(H,3,4);;2*1H2/q;+3;2*-1/p-1. The second-order valence-electron chi connectivity index (χ2n) is 0.492. The van der Waals surface area contributed by atoms with Crippen molar-refractivity contribution in [2.75, 3.05) is 0 Å². The van der Waals surface area contributed by atoms with Crippen molar-refractivity contribution in [1.29, 1.82) is 0 Å². The van der Waals surface area contributed by atoms with Crippen LogP contribution in [-0.2, 0) is 21.6 Å². The zero-order valence-corrected chi connectivity index (χ0v) is 4.85. The molecule has 0 saturated heterocycles. The fourth-order valence-electron chi connectivity index (χ4n) is 0. The van der Waals surface area contributed by atoms with Crippen LogP contribution in [0.15, 0.2) is 0 Å². The molecule has 0 aromatic rings.